The minimum Gasteiger partial charge on any atom is -0.872 e. The van der Waals surface area contributed by atoms with Crippen LogP contribution in [0.4, 0.5) is 28.4 Å². The van der Waals surface area contributed by atoms with Crippen LogP contribution in [0.1, 0.15) is 11.1 Å². The Bertz CT molecular complexity index is 3000. The summed E-state index contributed by atoms with van der Waals surface area (Å²) in [4.78, 5) is -2.40. The number of nitrogen functional groups attached to an aromatic ring is 1. The molecule has 0 aliphatic carbocycles. The van der Waals surface area contributed by atoms with Crippen LogP contribution in [-0.4, -0.2) is 38.9 Å². The monoisotopic (exact) mass is 859 g/mol. The van der Waals surface area contributed by atoms with Gasteiger partial charge in [-0.25, -0.2) is 0 Å². The van der Waals surface area contributed by atoms with E-state index in [2.05, 4.69) is 20.5 Å². The van der Waals surface area contributed by atoms with E-state index in [0.717, 1.165) is 11.6 Å². The van der Waals surface area contributed by atoms with Gasteiger partial charge in [0.1, 0.15) is 9.79 Å². The van der Waals surface area contributed by atoms with E-state index in [4.69, 9.17) is 5.73 Å². The summed E-state index contributed by atoms with van der Waals surface area (Å²) in [5.74, 6) is -3.08. The third-order valence-corrected chi connectivity index (χ3v) is 10.9. The van der Waals surface area contributed by atoms with Crippen LogP contribution in [0.15, 0.2) is 114 Å². The fourth-order valence-electron chi connectivity index (χ4n) is 5.66. The molecule has 0 aliphatic heterocycles. The van der Waals surface area contributed by atoms with Crippen molar-refractivity contribution < 1.29 is 143 Å². The second-order valence-corrected chi connectivity index (χ2v) is 16.1. The standard InChI is InChI=1S/C34H27N5O12S3.3Na/c1-16-11-18(3-7-24(16)36-38-26-9-5-22-28(53(46,47)48)10-6-23(35)31(22)33(26)41)19-4-8-25(17(2)12-19)37-39-32-29(54(49,50)51)14-20-13-21(52(43,44)45)15-27(40)30(20)34(32)42;;;/h3-15,40-42H,35H2,1-2H3,(H,43,44,45)(H,46,47,48)(H,49,50,51);;;/q;3*+1/p-3. The van der Waals surface area contributed by atoms with Crippen molar-refractivity contribution in [1.82, 2.24) is 0 Å². The fraction of sp³-hybridized carbons (Fsp3) is 0.0588. The molecule has 6 aromatic rings. The third kappa shape index (κ3) is 10.1. The number of nitrogens with two attached hydrogens (primary N) is 1. The second-order valence-electron chi connectivity index (χ2n) is 11.9. The van der Waals surface area contributed by atoms with Gasteiger partial charge in [0.15, 0.2) is 0 Å². The maximum Gasteiger partial charge on any atom is 1.00 e. The van der Waals surface area contributed by atoms with Crippen LogP contribution in [0, 0.1) is 13.8 Å². The van der Waals surface area contributed by atoms with E-state index in [1.165, 1.54) is 24.3 Å². The fourth-order valence-corrected chi connectivity index (χ4v) is 7.53. The number of azo groups is 2. The van der Waals surface area contributed by atoms with Crippen molar-refractivity contribution >= 4 is 80.3 Å². The van der Waals surface area contributed by atoms with Gasteiger partial charge in [-0.3, -0.25) is 13.7 Å². The van der Waals surface area contributed by atoms with E-state index < -0.39 is 78.7 Å². The molecule has 0 unspecified atom stereocenters. The molecule has 23 heteroatoms. The second kappa shape index (κ2) is 18.1. The number of rotatable bonds is 8. The summed E-state index contributed by atoms with van der Waals surface area (Å²) < 4.78 is 99.7. The summed E-state index contributed by atoms with van der Waals surface area (Å²) in [5.41, 5.74) is 8.06. The first-order valence-electron chi connectivity index (χ1n) is 15.1. The summed E-state index contributed by atoms with van der Waals surface area (Å²) in [6.45, 7) is 3.40. The molecule has 0 saturated carbocycles. The van der Waals surface area contributed by atoms with Gasteiger partial charge in [0.25, 0.3) is 30.4 Å². The normalized spacial score (nSPS) is 12.1. The van der Waals surface area contributed by atoms with Gasteiger partial charge in [-0.05, 0) is 108 Å². The van der Waals surface area contributed by atoms with E-state index in [1.807, 2.05) is 0 Å². The predicted octanol–water partition coefficient (Wildman–Crippen LogP) is -3.34. The Hall–Kier alpha value is -3.03. The van der Waals surface area contributed by atoms with Crippen LogP contribution in [0.5, 0.6) is 17.2 Å². The number of fused-ring (bicyclic) bond motifs is 2. The zero-order valence-electron chi connectivity index (χ0n) is 30.6. The van der Waals surface area contributed by atoms with E-state index >= 15 is 0 Å². The topological polar surface area (TPSA) is 308 Å². The van der Waals surface area contributed by atoms with Crippen molar-refractivity contribution in [2.45, 2.75) is 28.5 Å². The Kier molecular flexibility index (Phi) is 15.3. The minimum atomic E-state index is -5.14. The van der Waals surface area contributed by atoms with Gasteiger partial charge in [0.2, 0.25) is 0 Å². The molecule has 5 N–H and O–H groups in total. The molecule has 17 nitrogen and oxygen atoms in total. The van der Waals surface area contributed by atoms with Gasteiger partial charge in [-0.2, -0.15) is 40.6 Å². The largest absolute Gasteiger partial charge is 1.00 e. The summed E-state index contributed by atoms with van der Waals surface area (Å²) in [6, 6.07) is 16.7. The molecule has 0 radical (unpaired) electrons. The maximum absolute atomic E-state index is 13.2. The minimum absolute atomic E-state index is 0. The molecule has 0 atom stereocenters. The maximum atomic E-state index is 13.2. The molecular formula is C34H24N5Na3O12S3. The first-order chi connectivity index (χ1) is 25.1. The SMILES string of the molecule is Cc1cc(-c2ccc(N=Nc3c(S(=O)(=O)O)cc4cc(S(=O)(=O)O)cc([O-])c4c3[O-])c(C)c2)ccc1N=Nc1ccc2c(S(=O)(=O)O)ccc(N)c2c1[O-].[Na+].[Na+].[Na+]. The molecule has 0 saturated heterocycles. The van der Waals surface area contributed by atoms with Gasteiger partial charge < -0.3 is 21.1 Å². The summed E-state index contributed by atoms with van der Waals surface area (Å²) in [7, 11) is -14.7. The van der Waals surface area contributed by atoms with Crippen molar-refractivity contribution in [3.63, 3.8) is 0 Å². The molecule has 278 valence electrons. The Morgan fingerprint density at radius 1 is 0.544 bits per heavy atom. The molecule has 0 aliphatic rings. The van der Waals surface area contributed by atoms with Crippen LogP contribution < -0.4 is 110 Å². The average molecular weight is 860 g/mol. The molecule has 6 aromatic carbocycles. The molecule has 0 heterocycles. The Morgan fingerprint density at radius 3 is 1.56 bits per heavy atom. The van der Waals surface area contributed by atoms with Gasteiger partial charge in [0, 0.05) is 16.5 Å². The zero-order valence-corrected chi connectivity index (χ0v) is 39.1. The van der Waals surface area contributed by atoms with Gasteiger partial charge in [-0.1, -0.05) is 29.7 Å². The number of hydrogen-bond acceptors (Lipinski definition) is 14. The Labute approximate surface area is 391 Å². The van der Waals surface area contributed by atoms with E-state index in [-0.39, 0.29) is 117 Å². The van der Waals surface area contributed by atoms with Crippen LogP contribution in [-0.2, 0) is 30.4 Å². The van der Waals surface area contributed by atoms with Crippen molar-refractivity contribution in [1.29, 1.82) is 0 Å². The number of nitrogens with zero attached hydrogens (tertiary/aromatic N) is 4. The third-order valence-electron chi connectivity index (χ3n) is 8.28. The van der Waals surface area contributed by atoms with Crippen molar-refractivity contribution in [3.05, 3.63) is 90.0 Å². The van der Waals surface area contributed by atoms with Crippen molar-refractivity contribution in [3.8, 4) is 28.4 Å². The first kappa shape index (κ1) is 48.3. The number of aryl methyl sites for hydroxylation is 2. The van der Waals surface area contributed by atoms with Crippen molar-refractivity contribution in [2.75, 3.05) is 5.73 Å². The molecular weight excluding hydrogens is 836 g/mol. The molecule has 0 aromatic heterocycles. The number of hydrogen-bond donors (Lipinski definition) is 4. The van der Waals surface area contributed by atoms with Gasteiger partial charge in [0.05, 0.1) is 27.6 Å². The van der Waals surface area contributed by atoms with Crippen molar-refractivity contribution in [2.24, 2.45) is 20.5 Å². The van der Waals surface area contributed by atoms with E-state index in [0.29, 0.717) is 40.6 Å². The summed E-state index contributed by atoms with van der Waals surface area (Å²) in [5, 5.41) is 53.6. The predicted molar refractivity (Wildman–Crippen MR) is 190 cm³/mol. The summed E-state index contributed by atoms with van der Waals surface area (Å²) >= 11 is 0. The molecule has 57 heavy (non-hydrogen) atoms. The molecule has 6 rings (SSSR count). The smallest absolute Gasteiger partial charge is 0.872 e. The molecule has 0 fully saturated rings. The Morgan fingerprint density at radius 2 is 1.05 bits per heavy atom. The van der Waals surface area contributed by atoms with Crippen LogP contribution in [0.25, 0.3) is 32.7 Å². The van der Waals surface area contributed by atoms with Crippen LogP contribution in [0.3, 0.4) is 0 Å². The van der Waals surface area contributed by atoms with E-state index in [9.17, 15) is 54.2 Å². The molecule has 0 amide bonds. The molecule has 0 spiro atoms. The zero-order chi connectivity index (χ0) is 39.5. The van der Waals surface area contributed by atoms with Gasteiger partial charge in [-0.15, -0.1) is 10.9 Å². The quantitative estimate of drug-likeness (QED) is 0.0505. The first-order valence-corrected chi connectivity index (χ1v) is 19.5. The molecule has 0 bridgehead atoms. The Balaban J connectivity index is 0.00000290. The van der Waals surface area contributed by atoms with Crippen LogP contribution >= 0.6 is 0 Å². The number of anilines is 1. The number of benzene rings is 6. The average Bonchev–Trinajstić information content (AvgIpc) is 3.06. The van der Waals surface area contributed by atoms with E-state index in [1.54, 1.807) is 44.2 Å². The summed E-state index contributed by atoms with van der Waals surface area (Å²) in [6.07, 6.45) is 0. The van der Waals surface area contributed by atoms with Crippen LogP contribution in [0.2, 0.25) is 0 Å². The van der Waals surface area contributed by atoms with Gasteiger partial charge >= 0.3 is 88.7 Å².